The number of halogens is 1. The van der Waals surface area contributed by atoms with Gasteiger partial charge in [0.05, 0.1) is 18.3 Å². The average molecular weight is 413 g/mol. The molecule has 0 aliphatic heterocycles. The molecule has 0 amide bonds. The SMILES string of the molecule is O=S(=O)(c1cccc2cccnc12)N(Cc1ccc(Cl)cc1)Cc1ccco1. The second-order valence-corrected chi connectivity index (χ2v) is 8.65. The molecular weight excluding hydrogens is 396 g/mol. The molecule has 0 atom stereocenters. The number of hydrogen-bond donors (Lipinski definition) is 0. The molecule has 2 aromatic heterocycles. The van der Waals surface area contributed by atoms with Gasteiger partial charge in [-0.25, -0.2) is 8.42 Å². The summed E-state index contributed by atoms with van der Waals surface area (Å²) in [5.74, 6) is 0.561. The number of hydrogen-bond acceptors (Lipinski definition) is 4. The van der Waals surface area contributed by atoms with Crippen molar-refractivity contribution in [3.05, 3.63) is 95.5 Å². The maximum absolute atomic E-state index is 13.6. The van der Waals surface area contributed by atoms with Crippen molar-refractivity contribution in [1.29, 1.82) is 0 Å². The summed E-state index contributed by atoms with van der Waals surface area (Å²) in [7, 11) is -3.83. The summed E-state index contributed by atoms with van der Waals surface area (Å²) in [5, 5.41) is 1.37. The van der Waals surface area contributed by atoms with Gasteiger partial charge in [0.15, 0.2) is 0 Å². The number of para-hydroxylation sites is 1. The molecular formula is C21H17ClN2O3S. The van der Waals surface area contributed by atoms with Gasteiger partial charge >= 0.3 is 0 Å². The van der Waals surface area contributed by atoms with E-state index in [0.717, 1.165) is 10.9 Å². The van der Waals surface area contributed by atoms with E-state index in [0.29, 0.717) is 16.3 Å². The lowest BCUT2D eigenvalue weighted by Crippen LogP contribution is -2.30. The monoisotopic (exact) mass is 412 g/mol. The molecule has 0 spiro atoms. The van der Waals surface area contributed by atoms with Crippen molar-refractivity contribution in [2.45, 2.75) is 18.0 Å². The molecule has 0 saturated heterocycles. The van der Waals surface area contributed by atoms with Crippen LogP contribution in [0.5, 0.6) is 0 Å². The van der Waals surface area contributed by atoms with Gasteiger partial charge in [-0.15, -0.1) is 0 Å². The standard InChI is InChI=1S/C21H17ClN2O3S/c22-18-10-8-16(9-11-18)14-24(15-19-6-3-13-27-19)28(25,26)20-7-1-4-17-5-2-12-23-21(17)20/h1-13H,14-15H2. The molecule has 0 fully saturated rings. The zero-order valence-corrected chi connectivity index (χ0v) is 16.4. The Labute approximate surface area is 168 Å². The van der Waals surface area contributed by atoms with E-state index in [1.165, 1.54) is 10.6 Å². The minimum atomic E-state index is -3.83. The van der Waals surface area contributed by atoms with E-state index in [1.807, 2.05) is 24.3 Å². The predicted octanol–water partition coefficient (Wildman–Crippen LogP) is 4.87. The van der Waals surface area contributed by atoms with Crippen LogP contribution in [0.4, 0.5) is 0 Å². The Hall–Kier alpha value is -2.67. The summed E-state index contributed by atoms with van der Waals surface area (Å²) < 4.78 is 33.9. The van der Waals surface area contributed by atoms with Crippen LogP contribution in [-0.2, 0) is 23.1 Å². The van der Waals surface area contributed by atoms with Gasteiger partial charge in [0.25, 0.3) is 0 Å². The molecule has 0 aliphatic rings. The van der Waals surface area contributed by atoms with Crippen LogP contribution in [0, 0.1) is 0 Å². The lowest BCUT2D eigenvalue weighted by atomic mass is 10.2. The molecule has 142 valence electrons. The van der Waals surface area contributed by atoms with Crippen molar-refractivity contribution < 1.29 is 12.8 Å². The van der Waals surface area contributed by atoms with Gasteiger partial charge in [0.1, 0.15) is 10.7 Å². The Bertz CT molecular complexity index is 1180. The van der Waals surface area contributed by atoms with Gasteiger partial charge in [-0.1, -0.05) is 41.9 Å². The number of nitrogens with zero attached hydrogens (tertiary/aromatic N) is 2. The van der Waals surface area contributed by atoms with E-state index < -0.39 is 10.0 Å². The molecule has 4 rings (SSSR count). The van der Waals surface area contributed by atoms with Gasteiger partial charge in [-0.05, 0) is 42.0 Å². The van der Waals surface area contributed by atoms with Crippen molar-refractivity contribution in [1.82, 2.24) is 9.29 Å². The summed E-state index contributed by atoms with van der Waals surface area (Å²) in [6, 6.07) is 19.4. The Morgan fingerprint density at radius 1 is 0.929 bits per heavy atom. The van der Waals surface area contributed by atoms with Crippen molar-refractivity contribution in [3.63, 3.8) is 0 Å². The highest BCUT2D eigenvalue weighted by Gasteiger charge is 2.28. The number of fused-ring (bicyclic) bond motifs is 1. The number of benzene rings is 2. The first kappa shape index (κ1) is 18.7. The van der Waals surface area contributed by atoms with E-state index in [1.54, 1.807) is 48.7 Å². The van der Waals surface area contributed by atoms with Crippen LogP contribution < -0.4 is 0 Å². The number of furan rings is 1. The number of aromatic nitrogens is 1. The Morgan fingerprint density at radius 2 is 1.71 bits per heavy atom. The molecule has 28 heavy (non-hydrogen) atoms. The number of sulfonamides is 1. The first-order chi connectivity index (χ1) is 13.5. The summed E-state index contributed by atoms with van der Waals surface area (Å²) in [5.41, 5.74) is 1.28. The summed E-state index contributed by atoms with van der Waals surface area (Å²) >= 11 is 5.96. The molecule has 0 aliphatic carbocycles. The topological polar surface area (TPSA) is 63.4 Å². The smallest absolute Gasteiger partial charge is 0.245 e. The maximum Gasteiger partial charge on any atom is 0.245 e. The molecule has 0 bridgehead atoms. The van der Waals surface area contributed by atoms with Crippen LogP contribution in [-0.4, -0.2) is 17.7 Å². The lowest BCUT2D eigenvalue weighted by Gasteiger charge is -2.22. The van der Waals surface area contributed by atoms with Gasteiger partial charge in [-0.2, -0.15) is 4.31 Å². The minimum absolute atomic E-state index is 0.112. The molecule has 0 radical (unpaired) electrons. The highest BCUT2D eigenvalue weighted by Crippen LogP contribution is 2.27. The van der Waals surface area contributed by atoms with Crippen LogP contribution in [0.2, 0.25) is 5.02 Å². The predicted molar refractivity (Wildman–Crippen MR) is 108 cm³/mol. The van der Waals surface area contributed by atoms with Crippen LogP contribution >= 0.6 is 11.6 Å². The molecule has 0 N–H and O–H groups in total. The summed E-state index contributed by atoms with van der Waals surface area (Å²) in [6.07, 6.45) is 3.12. The van der Waals surface area contributed by atoms with Crippen LogP contribution in [0.25, 0.3) is 10.9 Å². The largest absolute Gasteiger partial charge is 0.468 e. The van der Waals surface area contributed by atoms with E-state index in [4.69, 9.17) is 16.0 Å². The zero-order valence-electron chi connectivity index (χ0n) is 14.8. The van der Waals surface area contributed by atoms with Gasteiger partial charge in [0, 0.05) is 23.2 Å². The molecule has 0 unspecified atom stereocenters. The van der Waals surface area contributed by atoms with E-state index in [2.05, 4.69) is 4.98 Å². The Morgan fingerprint density at radius 3 is 2.46 bits per heavy atom. The van der Waals surface area contributed by atoms with Crippen molar-refractivity contribution in [2.75, 3.05) is 0 Å². The van der Waals surface area contributed by atoms with E-state index in [-0.39, 0.29) is 18.0 Å². The highest BCUT2D eigenvalue weighted by molar-refractivity contribution is 7.89. The lowest BCUT2D eigenvalue weighted by molar-refractivity contribution is 0.359. The molecule has 2 heterocycles. The molecule has 0 saturated carbocycles. The minimum Gasteiger partial charge on any atom is -0.468 e. The third-order valence-electron chi connectivity index (χ3n) is 4.40. The second-order valence-electron chi connectivity index (χ2n) is 6.31. The Balaban J connectivity index is 1.78. The highest BCUT2D eigenvalue weighted by atomic mass is 35.5. The first-order valence-electron chi connectivity index (χ1n) is 8.65. The van der Waals surface area contributed by atoms with Crippen LogP contribution in [0.3, 0.4) is 0 Å². The van der Waals surface area contributed by atoms with Crippen molar-refractivity contribution in [2.24, 2.45) is 0 Å². The van der Waals surface area contributed by atoms with Crippen molar-refractivity contribution in [3.8, 4) is 0 Å². The summed E-state index contributed by atoms with van der Waals surface area (Å²) in [6.45, 7) is 0.296. The zero-order chi connectivity index (χ0) is 19.6. The van der Waals surface area contributed by atoms with E-state index >= 15 is 0 Å². The molecule has 7 heteroatoms. The maximum atomic E-state index is 13.6. The van der Waals surface area contributed by atoms with Gasteiger partial charge < -0.3 is 4.42 Å². The quantitative estimate of drug-likeness (QED) is 0.453. The second kappa shape index (κ2) is 7.75. The molecule has 2 aromatic carbocycles. The fourth-order valence-electron chi connectivity index (χ4n) is 3.02. The Kier molecular flexibility index (Phi) is 5.17. The van der Waals surface area contributed by atoms with Crippen molar-refractivity contribution >= 4 is 32.5 Å². The van der Waals surface area contributed by atoms with Gasteiger partial charge in [0.2, 0.25) is 10.0 Å². The summed E-state index contributed by atoms with van der Waals surface area (Å²) in [4.78, 5) is 4.47. The fraction of sp³-hybridized carbons (Fsp3) is 0.0952. The molecule has 5 nitrogen and oxygen atoms in total. The van der Waals surface area contributed by atoms with E-state index in [9.17, 15) is 8.42 Å². The normalized spacial score (nSPS) is 11.9. The van der Waals surface area contributed by atoms with Crippen LogP contribution in [0.1, 0.15) is 11.3 Å². The van der Waals surface area contributed by atoms with Gasteiger partial charge in [-0.3, -0.25) is 4.98 Å². The average Bonchev–Trinajstić information content (AvgIpc) is 3.22. The fourth-order valence-corrected chi connectivity index (χ4v) is 4.70. The molecule has 4 aromatic rings. The number of rotatable bonds is 6. The van der Waals surface area contributed by atoms with Crippen LogP contribution in [0.15, 0.2) is 88.5 Å². The third-order valence-corrected chi connectivity index (χ3v) is 6.47. The first-order valence-corrected chi connectivity index (χ1v) is 10.5. The third kappa shape index (κ3) is 3.80. The number of pyridine rings is 1.